The van der Waals surface area contributed by atoms with Crippen LogP contribution in [0.25, 0.3) is 0 Å². The Bertz CT molecular complexity index is 424. The second-order valence-electron chi connectivity index (χ2n) is 5.01. The number of phenols is 1. The first kappa shape index (κ1) is 11.9. The number of hydrogen-bond acceptors (Lipinski definition) is 2. The van der Waals surface area contributed by atoms with Crippen LogP contribution in [0.3, 0.4) is 0 Å². The van der Waals surface area contributed by atoms with Crippen LogP contribution in [0.5, 0.6) is 5.75 Å². The molecule has 0 atom stereocenters. The highest BCUT2D eigenvalue weighted by atomic mass is 79.9. The standard InChI is InChI=1S/C13H18BrNO/c1-8-7-9(2)11(14)12(16)10(8)3-4-13(15)5-6-13/h7,16H,3-6,15H2,1-2H3. The van der Waals surface area contributed by atoms with Gasteiger partial charge in [0.25, 0.3) is 0 Å². The van der Waals surface area contributed by atoms with Gasteiger partial charge in [0.1, 0.15) is 5.75 Å². The van der Waals surface area contributed by atoms with Crippen LogP contribution >= 0.6 is 15.9 Å². The van der Waals surface area contributed by atoms with Gasteiger partial charge in [-0.3, -0.25) is 0 Å². The van der Waals surface area contributed by atoms with E-state index in [1.54, 1.807) is 0 Å². The minimum Gasteiger partial charge on any atom is -0.506 e. The van der Waals surface area contributed by atoms with Crippen molar-refractivity contribution in [1.29, 1.82) is 0 Å². The number of rotatable bonds is 3. The first-order chi connectivity index (χ1) is 7.43. The monoisotopic (exact) mass is 283 g/mol. The minimum atomic E-state index is 0.0518. The molecule has 1 aliphatic rings. The predicted octanol–water partition coefficient (Wildman–Crippen LogP) is 3.20. The number of benzene rings is 1. The molecule has 2 rings (SSSR count). The molecule has 3 N–H and O–H groups in total. The van der Waals surface area contributed by atoms with Crippen LogP contribution in [0, 0.1) is 13.8 Å². The van der Waals surface area contributed by atoms with E-state index < -0.39 is 0 Å². The average Bonchev–Trinajstić information content (AvgIpc) is 2.93. The van der Waals surface area contributed by atoms with Crippen LogP contribution < -0.4 is 5.73 Å². The van der Waals surface area contributed by atoms with E-state index in [1.807, 2.05) is 13.8 Å². The van der Waals surface area contributed by atoms with Gasteiger partial charge in [-0.15, -0.1) is 0 Å². The normalized spacial score (nSPS) is 17.5. The largest absolute Gasteiger partial charge is 0.506 e. The fraction of sp³-hybridized carbons (Fsp3) is 0.538. The molecule has 16 heavy (non-hydrogen) atoms. The molecule has 0 saturated heterocycles. The maximum Gasteiger partial charge on any atom is 0.133 e. The summed E-state index contributed by atoms with van der Waals surface area (Å²) in [5.41, 5.74) is 9.39. The topological polar surface area (TPSA) is 46.2 Å². The van der Waals surface area contributed by atoms with Gasteiger partial charge in [-0.2, -0.15) is 0 Å². The molecule has 0 aliphatic heterocycles. The average molecular weight is 284 g/mol. The lowest BCUT2D eigenvalue weighted by molar-refractivity contribution is 0.459. The number of halogens is 1. The van der Waals surface area contributed by atoms with Crippen molar-refractivity contribution in [3.8, 4) is 5.75 Å². The summed E-state index contributed by atoms with van der Waals surface area (Å²) in [4.78, 5) is 0. The van der Waals surface area contributed by atoms with E-state index in [0.717, 1.165) is 46.8 Å². The van der Waals surface area contributed by atoms with Crippen LogP contribution in [0.2, 0.25) is 0 Å². The molecular formula is C13H18BrNO. The number of hydrogen-bond donors (Lipinski definition) is 2. The van der Waals surface area contributed by atoms with Gasteiger partial charge >= 0.3 is 0 Å². The number of aryl methyl sites for hydroxylation is 2. The molecule has 0 radical (unpaired) electrons. The lowest BCUT2D eigenvalue weighted by Crippen LogP contribution is -2.22. The van der Waals surface area contributed by atoms with Crippen molar-refractivity contribution in [1.82, 2.24) is 0 Å². The van der Waals surface area contributed by atoms with Gasteiger partial charge in [0, 0.05) is 5.54 Å². The van der Waals surface area contributed by atoms with Gasteiger partial charge < -0.3 is 10.8 Å². The fourth-order valence-electron chi connectivity index (χ4n) is 2.08. The number of nitrogens with two attached hydrogens (primary N) is 1. The minimum absolute atomic E-state index is 0.0518. The van der Waals surface area contributed by atoms with Crippen LogP contribution in [-0.4, -0.2) is 10.6 Å². The smallest absolute Gasteiger partial charge is 0.133 e. The lowest BCUT2D eigenvalue weighted by Gasteiger charge is -2.14. The van der Waals surface area contributed by atoms with Crippen LogP contribution in [0.15, 0.2) is 10.5 Å². The summed E-state index contributed by atoms with van der Waals surface area (Å²) < 4.78 is 0.815. The van der Waals surface area contributed by atoms with Crippen molar-refractivity contribution in [3.63, 3.8) is 0 Å². The van der Waals surface area contributed by atoms with Crippen LogP contribution in [-0.2, 0) is 6.42 Å². The first-order valence-electron chi connectivity index (χ1n) is 5.69. The quantitative estimate of drug-likeness (QED) is 0.895. The Hall–Kier alpha value is -0.540. The van der Waals surface area contributed by atoms with E-state index in [4.69, 9.17) is 5.73 Å². The maximum atomic E-state index is 10.1. The van der Waals surface area contributed by atoms with E-state index >= 15 is 0 Å². The highest BCUT2D eigenvalue weighted by Crippen LogP contribution is 2.39. The lowest BCUT2D eigenvalue weighted by atomic mass is 9.97. The third kappa shape index (κ3) is 2.25. The molecule has 3 heteroatoms. The maximum absolute atomic E-state index is 10.1. The molecule has 0 heterocycles. The van der Waals surface area contributed by atoms with Crippen molar-refractivity contribution in [2.45, 2.75) is 45.1 Å². The van der Waals surface area contributed by atoms with E-state index in [2.05, 4.69) is 22.0 Å². The van der Waals surface area contributed by atoms with Gasteiger partial charge in [-0.1, -0.05) is 6.07 Å². The van der Waals surface area contributed by atoms with Gasteiger partial charge in [-0.25, -0.2) is 0 Å². The molecule has 1 aromatic rings. The first-order valence-corrected chi connectivity index (χ1v) is 6.49. The second-order valence-corrected chi connectivity index (χ2v) is 5.81. The molecule has 1 fully saturated rings. The Kier molecular flexibility index (Phi) is 3.01. The summed E-state index contributed by atoms with van der Waals surface area (Å²) in [5.74, 6) is 0.391. The third-order valence-corrected chi connectivity index (χ3v) is 4.52. The third-order valence-electron chi connectivity index (χ3n) is 3.51. The number of aromatic hydroxyl groups is 1. The van der Waals surface area contributed by atoms with Crippen molar-refractivity contribution in [3.05, 3.63) is 27.2 Å². The van der Waals surface area contributed by atoms with Crippen LogP contribution in [0.4, 0.5) is 0 Å². The highest BCUT2D eigenvalue weighted by Gasteiger charge is 2.37. The molecule has 2 nitrogen and oxygen atoms in total. The van der Waals surface area contributed by atoms with Gasteiger partial charge in [0.15, 0.2) is 0 Å². The zero-order valence-electron chi connectivity index (χ0n) is 9.81. The van der Waals surface area contributed by atoms with Crippen molar-refractivity contribution >= 4 is 15.9 Å². The van der Waals surface area contributed by atoms with E-state index in [-0.39, 0.29) is 5.54 Å². The Morgan fingerprint density at radius 2 is 2.00 bits per heavy atom. The SMILES string of the molecule is Cc1cc(C)c(CCC2(N)CC2)c(O)c1Br. The summed E-state index contributed by atoms with van der Waals surface area (Å²) in [6.07, 6.45) is 4.09. The zero-order chi connectivity index (χ0) is 11.9. The Morgan fingerprint density at radius 3 is 2.56 bits per heavy atom. The number of phenolic OH excluding ortho intramolecular Hbond substituents is 1. The molecule has 0 bridgehead atoms. The Labute approximate surface area is 105 Å². The van der Waals surface area contributed by atoms with Crippen LogP contribution in [0.1, 0.15) is 36.0 Å². The predicted molar refractivity (Wildman–Crippen MR) is 69.8 cm³/mol. The Morgan fingerprint density at radius 1 is 1.38 bits per heavy atom. The summed E-state index contributed by atoms with van der Waals surface area (Å²) in [5, 5.41) is 10.1. The van der Waals surface area contributed by atoms with Gasteiger partial charge in [0.2, 0.25) is 0 Å². The molecule has 1 saturated carbocycles. The summed E-state index contributed by atoms with van der Waals surface area (Å²) in [6, 6.07) is 2.11. The molecule has 0 spiro atoms. The molecule has 0 aromatic heterocycles. The second kappa shape index (κ2) is 4.04. The van der Waals surface area contributed by atoms with Crippen molar-refractivity contribution in [2.75, 3.05) is 0 Å². The highest BCUT2D eigenvalue weighted by molar-refractivity contribution is 9.10. The van der Waals surface area contributed by atoms with Gasteiger partial charge in [0.05, 0.1) is 4.47 Å². The van der Waals surface area contributed by atoms with Crippen molar-refractivity contribution in [2.24, 2.45) is 5.73 Å². The van der Waals surface area contributed by atoms with E-state index in [0.29, 0.717) is 5.75 Å². The summed E-state index contributed by atoms with van der Waals surface area (Å²) in [6.45, 7) is 4.04. The van der Waals surface area contributed by atoms with Crippen molar-refractivity contribution < 1.29 is 5.11 Å². The summed E-state index contributed by atoms with van der Waals surface area (Å²) in [7, 11) is 0. The van der Waals surface area contributed by atoms with E-state index in [1.165, 1.54) is 0 Å². The zero-order valence-corrected chi connectivity index (χ0v) is 11.4. The molecule has 1 aromatic carbocycles. The molecule has 1 aliphatic carbocycles. The van der Waals surface area contributed by atoms with E-state index in [9.17, 15) is 5.11 Å². The molecular weight excluding hydrogens is 266 g/mol. The fourth-order valence-corrected chi connectivity index (χ4v) is 2.44. The summed E-state index contributed by atoms with van der Waals surface area (Å²) >= 11 is 3.42. The molecule has 88 valence electrons. The molecule has 0 amide bonds. The Balaban J connectivity index is 2.22. The molecule has 0 unspecified atom stereocenters. The van der Waals surface area contributed by atoms with Gasteiger partial charge in [-0.05, 0) is 72.2 Å².